The summed E-state index contributed by atoms with van der Waals surface area (Å²) in [6.07, 6.45) is 1.40. The Kier molecular flexibility index (Phi) is 4.29. The van der Waals surface area contributed by atoms with E-state index in [0.717, 1.165) is 0 Å². The largest absolute Gasteiger partial charge is 0.396 e. The number of nitrogens with zero attached hydrogens (tertiary/aromatic N) is 2. The van der Waals surface area contributed by atoms with Crippen LogP contribution in [0, 0.1) is 11.3 Å². The molecule has 0 saturated heterocycles. The van der Waals surface area contributed by atoms with Crippen molar-refractivity contribution in [2.24, 2.45) is 0 Å². The predicted octanol–water partition coefficient (Wildman–Crippen LogP) is 0.472. The van der Waals surface area contributed by atoms with Crippen molar-refractivity contribution in [3.63, 3.8) is 0 Å². The number of hydrogen-bond donors (Lipinski definition) is 3. The first-order chi connectivity index (χ1) is 8.02. The smallest absolute Gasteiger partial charge is 0.239 e. The number of nitrogens with one attached hydrogen (secondary N) is 2. The number of nitrogen functional groups attached to an aromatic ring is 1. The predicted molar refractivity (Wildman–Crippen MR) is 65.1 cm³/mol. The fourth-order valence-corrected chi connectivity index (χ4v) is 1.23. The van der Waals surface area contributed by atoms with Gasteiger partial charge in [0.2, 0.25) is 5.91 Å². The Balaban J connectivity index is 2.58. The standard InChI is InChI=1S/C11H15N5O/c1-7(2)16-10(17)6-15-11-9(13)3-8(4-12)5-14-11/h3,5,7H,6,13H2,1-2H3,(H,14,15)(H,16,17). The summed E-state index contributed by atoms with van der Waals surface area (Å²) < 4.78 is 0. The summed E-state index contributed by atoms with van der Waals surface area (Å²) in [6.45, 7) is 3.86. The molecule has 1 aromatic heterocycles. The van der Waals surface area contributed by atoms with E-state index >= 15 is 0 Å². The molecule has 4 N–H and O–H groups in total. The summed E-state index contributed by atoms with van der Waals surface area (Å²) in [6, 6.07) is 3.54. The first-order valence-electron chi connectivity index (χ1n) is 5.21. The van der Waals surface area contributed by atoms with Gasteiger partial charge in [-0.15, -0.1) is 0 Å². The Labute approximate surface area is 99.8 Å². The Hall–Kier alpha value is -2.29. The molecule has 0 spiro atoms. The lowest BCUT2D eigenvalue weighted by Crippen LogP contribution is -2.35. The third-order valence-electron chi connectivity index (χ3n) is 1.91. The number of anilines is 2. The third kappa shape index (κ3) is 3.99. The highest BCUT2D eigenvalue weighted by Crippen LogP contribution is 2.15. The van der Waals surface area contributed by atoms with Crippen molar-refractivity contribution in [3.8, 4) is 6.07 Å². The van der Waals surface area contributed by atoms with Gasteiger partial charge < -0.3 is 16.4 Å². The van der Waals surface area contributed by atoms with Gasteiger partial charge in [0.25, 0.3) is 0 Å². The van der Waals surface area contributed by atoms with Crippen LogP contribution < -0.4 is 16.4 Å². The zero-order valence-corrected chi connectivity index (χ0v) is 9.82. The molecule has 0 aliphatic carbocycles. The van der Waals surface area contributed by atoms with E-state index in [1.54, 1.807) is 0 Å². The molecule has 1 rings (SSSR count). The normalized spacial score (nSPS) is 9.76. The minimum Gasteiger partial charge on any atom is -0.396 e. The number of pyridine rings is 1. The maximum absolute atomic E-state index is 11.4. The van der Waals surface area contributed by atoms with Crippen molar-refractivity contribution >= 4 is 17.4 Å². The van der Waals surface area contributed by atoms with E-state index in [1.807, 2.05) is 19.9 Å². The maximum Gasteiger partial charge on any atom is 0.239 e. The first-order valence-corrected chi connectivity index (χ1v) is 5.21. The summed E-state index contributed by atoms with van der Waals surface area (Å²) in [5, 5.41) is 14.2. The number of aromatic nitrogens is 1. The van der Waals surface area contributed by atoms with Gasteiger partial charge >= 0.3 is 0 Å². The monoisotopic (exact) mass is 233 g/mol. The van der Waals surface area contributed by atoms with Crippen molar-refractivity contribution < 1.29 is 4.79 Å². The van der Waals surface area contributed by atoms with Gasteiger partial charge in [0.05, 0.1) is 17.8 Å². The van der Waals surface area contributed by atoms with Gasteiger partial charge in [-0.3, -0.25) is 4.79 Å². The second kappa shape index (κ2) is 5.70. The van der Waals surface area contributed by atoms with Crippen LogP contribution in [-0.2, 0) is 4.79 Å². The fourth-order valence-electron chi connectivity index (χ4n) is 1.23. The number of carbonyl (C=O) groups excluding carboxylic acids is 1. The summed E-state index contributed by atoms with van der Waals surface area (Å²) in [7, 11) is 0. The molecule has 0 aliphatic rings. The quantitative estimate of drug-likeness (QED) is 0.701. The molecule has 1 heterocycles. The van der Waals surface area contributed by atoms with Gasteiger partial charge in [0.15, 0.2) is 0 Å². The van der Waals surface area contributed by atoms with Gasteiger partial charge in [-0.1, -0.05) is 0 Å². The van der Waals surface area contributed by atoms with Gasteiger partial charge in [-0.2, -0.15) is 5.26 Å². The minimum absolute atomic E-state index is 0.0931. The van der Waals surface area contributed by atoms with Crippen LogP contribution in [0.2, 0.25) is 0 Å². The molecule has 0 aromatic carbocycles. The van der Waals surface area contributed by atoms with E-state index in [1.165, 1.54) is 12.3 Å². The van der Waals surface area contributed by atoms with Crippen molar-refractivity contribution in [3.05, 3.63) is 17.8 Å². The van der Waals surface area contributed by atoms with E-state index in [2.05, 4.69) is 15.6 Å². The van der Waals surface area contributed by atoms with Crippen molar-refractivity contribution in [2.75, 3.05) is 17.6 Å². The summed E-state index contributed by atoms with van der Waals surface area (Å²) in [5.41, 5.74) is 6.41. The molecule has 90 valence electrons. The van der Waals surface area contributed by atoms with Gasteiger partial charge in [0.1, 0.15) is 11.9 Å². The molecule has 0 unspecified atom stereocenters. The van der Waals surface area contributed by atoms with Crippen LogP contribution >= 0.6 is 0 Å². The third-order valence-corrected chi connectivity index (χ3v) is 1.91. The van der Waals surface area contributed by atoms with Gasteiger partial charge in [-0.25, -0.2) is 4.98 Å². The summed E-state index contributed by atoms with van der Waals surface area (Å²) in [5.74, 6) is 0.272. The Morgan fingerprint density at radius 3 is 2.88 bits per heavy atom. The van der Waals surface area contributed by atoms with Crippen LogP contribution in [0.15, 0.2) is 12.3 Å². The second-order valence-corrected chi connectivity index (χ2v) is 3.85. The van der Waals surface area contributed by atoms with Crippen LogP contribution in [-0.4, -0.2) is 23.5 Å². The summed E-state index contributed by atoms with van der Waals surface area (Å²) >= 11 is 0. The number of rotatable bonds is 4. The molecule has 0 atom stereocenters. The Bertz CT molecular complexity index is 450. The number of nitrogens with two attached hydrogens (primary N) is 1. The second-order valence-electron chi connectivity index (χ2n) is 3.85. The average molecular weight is 233 g/mol. The Morgan fingerprint density at radius 1 is 1.65 bits per heavy atom. The molecule has 1 amide bonds. The molecule has 17 heavy (non-hydrogen) atoms. The lowest BCUT2D eigenvalue weighted by atomic mass is 10.3. The molecule has 0 saturated carbocycles. The fraction of sp³-hybridized carbons (Fsp3) is 0.364. The van der Waals surface area contributed by atoms with Crippen molar-refractivity contribution in [1.82, 2.24) is 10.3 Å². The Morgan fingerprint density at radius 2 is 2.35 bits per heavy atom. The molecule has 0 fully saturated rings. The molecule has 0 aliphatic heterocycles. The van der Waals surface area contributed by atoms with Gasteiger partial charge in [-0.05, 0) is 19.9 Å². The molecule has 1 aromatic rings. The molecule has 6 heteroatoms. The van der Waals surface area contributed by atoms with E-state index in [-0.39, 0.29) is 18.5 Å². The average Bonchev–Trinajstić information content (AvgIpc) is 2.26. The molecular formula is C11H15N5O. The highest BCUT2D eigenvalue weighted by Gasteiger charge is 2.06. The van der Waals surface area contributed by atoms with Crippen LogP contribution in [0.25, 0.3) is 0 Å². The molecule has 6 nitrogen and oxygen atoms in total. The van der Waals surface area contributed by atoms with Crippen molar-refractivity contribution in [1.29, 1.82) is 5.26 Å². The summed E-state index contributed by atoms with van der Waals surface area (Å²) in [4.78, 5) is 15.3. The van der Waals surface area contributed by atoms with E-state index in [0.29, 0.717) is 17.1 Å². The van der Waals surface area contributed by atoms with Crippen LogP contribution in [0.4, 0.5) is 11.5 Å². The zero-order valence-electron chi connectivity index (χ0n) is 9.82. The van der Waals surface area contributed by atoms with E-state index < -0.39 is 0 Å². The van der Waals surface area contributed by atoms with Crippen molar-refractivity contribution in [2.45, 2.75) is 19.9 Å². The topological polar surface area (TPSA) is 104 Å². The van der Waals surface area contributed by atoms with Gasteiger partial charge in [0, 0.05) is 12.2 Å². The van der Waals surface area contributed by atoms with E-state index in [4.69, 9.17) is 11.0 Å². The SMILES string of the molecule is CC(C)NC(=O)CNc1ncc(C#N)cc1N. The first kappa shape index (κ1) is 12.8. The van der Waals surface area contributed by atoms with Crippen LogP contribution in [0.3, 0.4) is 0 Å². The number of carbonyl (C=O) groups is 1. The lowest BCUT2D eigenvalue weighted by molar-refractivity contribution is -0.119. The highest BCUT2D eigenvalue weighted by atomic mass is 16.1. The zero-order chi connectivity index (χ0) is 12.8. The molecular weight excluding hydrogens is 218 g/mol. The minimum atomic E-state index is -0.134. The van der Waals surface area contributed by atoms with E-state index in [9.17, 15) is 4.79 Å². The van der Waals surface area contributed by atoms with Crippen LogP contribution in [0.1, 0.15) is 19.4 Å². The molecule has 0 radical (unpaired) electrons. The maximum atomic E-state index is 11.4. The number of amides is 1. The van der Waals surface area contributed by atoms with Crippen LogP contribution in [0.5, 0.6) is 0 Å². The lowest BCUT2D eigenvalue weighted by Gasteiger charge is -2.10. The highest BCUT2D eigenvalue weighted by molar-refractivity contribution is 5.81. The number of hydrogen-bond acceptors (Lipinski definition) is 5. The number of nitriles is 1. The molecule has 0 bridgehead atoms.